The molecule has 6 aromatic rings. The van der Waals surface area contributed by atoms with Gasteiger partial charge in [0.05, 0.1) is 34.3 Å². The molecule has 0 aliphatic heterocycles. The van der Waals surface area contributed by atoms with Crippen LogP contribution < -0.4 is 0 Å². The van der Waals surface area contributed by atoms with Crippen molar-refractivity contribution in [2.24, 2.45) is 7.05 Å². The van der Waals surface area contributed by atoms with Crippen LogP contribution in [0.5, 0.6) is 0 Å². The van der Waals surface area contributed by atoms with Gasteiger partial charge in [0.25, 0.3) is 0 Å². The number of aromatic nitrogens is 5. The van der Waals surface area contributed by atoms with E-state index in [4.69, 9.17) is 21.7 Å². The van der Waals surface area contributed by atoms with Gasteiger partial charge in [-0.25, -0.2) is 15.0 Å². The third-order valence-electron chi connectivity index (χ3n) is 6.33. The summed E-state index contributed by atoms with van der Waals surface area (Å²) in [5.41, 5.74) is 7.98. The Hall–Kier alpha value is -4.44. The Morgan fingerprint density at radius 2 is 1.66 bits per heavy atom. The number of benzene rings is 2. The second kappa shape index (κ2) is 13.5. The average molecular weight is 628 g/mol. The lowest BCUT2D eigenvalue weighted by molar-refractivity contribution is -0.136. The minimum atomic E-state index is -0.875. The maximum absolute atomic E-state index is 11.7. The van der Waals surface area contributed by atoms with Gasteiger partial charge in [0.1, 0.15) is 10.5 Å². The van der Waals surface area contributed by atoms with Crippen molar-refractivity contribution in [1.29, 1.82) is 0 Å². The van der Waals surface area contributed by atoms with Gasteiger partial charge < -0.3 is 14.8 Å². The third-order valence-corrected chi connectivity index (χ3v) is 7.72. The Balaban J connectivity index is 0.000000576. The van der Waals surface area contributed by atoms with E-state index in [1.54, 1.807) is 39.5 Å². The Morgan fingerprint density at radius 1 is 0.977 bits per heavy atom. The number of aliphatic carboxylic acids is 1. The van der Waals surface area contributed by atoms with Crippen LogP contribution in [0.2, 0.25) is 5.02 Å². The fourth-order valence-corrected chi connectivity index (χ4v) is 5.80. The summed E-state index contributed by atoms with van der Waals surface area (Å²) < 4.78 is 2.82. The lowest BCUT2D eigenvalue weighted by atomic mass is 9.93. The van der Waals surface area contributed by atoms with Gasteiger partial charge in [0.2, 0.25) is 0 Å². The standard InChI is InChI=1S/C28H20ClN5O2S.C4H10O.C2H4/c1-15-9-22-26(25(20(15)12-24(35)36)16-3-5-19(29)6-4-16)37-28(33-22)17-7-8-30-21(10-17)18-11-23-27(31-13-18)34(2)14-32-23;1-4(2,3)5;1-2/h3-11,13-14H,12H2,1-2H3,(H,35,36);5H,1-3H3;1-2H2. The van der Waals surface area contributed by atoms with E-state index in [9.17, 15) is 9.90 Å². The monoisotopic (exact) mass is 627 g/mol. The van der Waals surface area contributed by atoms with Crippen LogP contribution in [0.15, 0.2) is 80.4 Å². The zero-order valence-corrected chi connectivity index (χ0v) is 26.9. The average Bonchev–Trinajstić information content (AvgIpc) is 3.57. The molecule has 0 unspecified atom stereocenters. The largest absolute Gasteiger partial charge is 0.481 e. The molecule has 0 radical (unpaired) electrons. The van der Waals surface area contributed by atoms with Crippen LogP contribution in [-0.4, -0.2) is 46.3 Å². The summed E-state index contributed by atoms with van der Waals surface area (Å²) in [6.45, 7) is 13.2. The molecular formula is C34H34ClN5O3S. The second-order valence-electron chi connectivity index (χ2n) is 11.0. The smallest absolute Gasteiger partial charge is 0.307 e. The fraction of sp³-hybridized carbons (Fsp3) is 0.206. The first-order valence-corrected chi connectivity index (χ1v) is 14.9. The number of rotatable bonds is 5. The Bertz CT molecular complexity index is 1940. The van der Waals surface area contributed by atoms with Crippen molar-refractivity contribution in [2.75, 3.05) is 0 Å². The van der Waals surface area contributed by atoms with E-state index in [0.29, 0.717) is 5.02 Å². The summed E-state index contributed by atoms with van der Waals surface area (Å²) in [5.74, 6) is -0.875. The van der Waals surface area contributed by atoms with Crippen molar-refractivity contribution in [3.05, 3.63) is 96.6 Å². The number of halogens is 1. The number of fused-ring (bicyclic) bond motifs is 2. The summed E-state index contributed by atoms with van der Waals surface area (Å²) >= 11 is 7.68. The normalized spacial score (nSPS) is 11.1. The zero-order valence-electron chi connectivity index (χ0n) is 25.3. The number of pyridine rings is 2. The van der Waals surface area contributed by atoms with Gasteiger partial charge in [0.15, 0.2) is 5.65 Å². The van der Waals surface area contributed by atoms with Crippen molar-refractivity contribution in [1.82, 2.24) is 24.5 Å². The van der Waals surface area contributed by atoms with Crippen LogP contribution >= 0.6 is 22.9 Å². The molecule has 0 amide bonds. The number of nitrogens with zero attached hydrogens (tertiary/aromatic N) is 5. The van der Waals surface area contributed by atoms with Crippen molar-refractivity contribution in [3.63, 3.8) is 0 Å². The molecule has 2 aromatic carbocycles. The number of aliphatic hydroxyl groups is 1. The zero-order chi connectivity index (χ0) is 32.2. The van der Waals surface area contributed by atoms with E-state index >= 15 is 0 Å². The number of hydrogen-bond acceptors (Lipinski definition) is 7. The van der Waals surface area contributed by atoms with Crippen LogP contribution in [0.3, 0.4) is 0 Å². The molecule has 6 rings (SSSR count). The van der Waals surface area contributed by atoms with E-state index in [0.717, 1.165) is 65.5 Å². The SMILES string of the molecule is C=C.CC(C)(C)O.Cc1cc2nc(-c3ccnc(-c4cnc5c(c4)ncn5C)c3)sc2c(-c2ccc(Cl)cc2)c1CC(=O)O. The molecule has 226 valence electrons. The summed E-state index contributed by atoms with van der Waals surface area (Å²) in [4.78, 5) is 30.2. The van der Waals surface area contributed by atoms with Gasteiger partial charge >= 0.3 is 5.97 Å². The number of carboxylic acid groups (broad SMARTS) is 1. The topological polar surface area (TPSA) is 114 Å². The van der Waals surface area contributed by atoms with Crippen LogP contribution in [0.1, 0.15) is 31.9 Å². The Morgan fingerprint density at radius 3 is 2.32 bits per heavy atom. The van der Waals surface area contributed by atoms with E-state index in [1.165, 1.54) is 11.3 Å². The number of carboxylic acids is 1. The lowest BCUT2D eigenvalue weighted by Crippen LogP contribution is -2.10. The van der Waals surface area contributed by atoms with E-state index in [1.807, 2.05) is 67.1 Å². The molecular weight excluding hydrogens is 594 g/mol. The van der Waals surface area contributed by atoms with E-state index < -0.39 is 11.6 Å². The molecule has 0 aliphatic carbocycles. The molecule has 0 fully saturated rings. The number of carbonyl (C=O) groups is 1. The molecule has 8 nitrogen and oxygen atoms in total. The third kappa shape index (κ3) is 7.55. The second-order valence-corrected chi connectivity index (χ2v) is 12.4. The summed E-state index contributed by atoms with van der Waals surface area (Å²) in [6, 6.07) is 15.4. The van der Waals surface area contributed by atoms with Crippen LogP contribution in [0, 0.1) is 6.92 Å². The minimum Gasteiger partial charge on any atom is -0.481 e. The Labute approximate surface area is 265 Å². The first kappa shape index (κ1) is 32.5. The first-order valence-electron chi connectivity index (χ1n) is 13.7. The number of aryl methyl sites for hydroxylation is 2. The molecule has 0 bridgehead atoms. The van der Waals surface area contributed by atoms with Gasteiger partial charge in [-0.3, -0.25) is 9.78 Å². The van der Waals surface area contributed by atoms with Gasteiger partial charge in [0, 0.05) is 41.2 Å². The molecule has 10 heteroatoms. The minimum absolute atomic E-state index is 0.0740. The van der Waals surface area contributed by atoms with Gasteiger partial charge in [-0.05, 0) is 80.8 Å². The van der Waals surface area contributed by atoms with Gasteiger partial charge in [-0.2, -0.15) is 0 Å². The molecule has 2 N–H and O–H groups in total. The highest BCUT2D eigenvalue weighted by Gasteiger charge is 2.20. The fourth-order valence-electron chi connectivity index (χ4n) is 4.54. The van der Waals surface area contributed by atoms with Crippen molar-refractivity contribution >= 4 is 50.3 Å². The predicted octanol–water partition coefficient (Wildman–Crippen LogP) is 8.14. The predicted molar refractivity (Wildman–Crippen MR) is 180 cm³/mol. The van der Waals surface area contributed by atoms with Crippen LogP contribution in [-0.2, 0) is 18.3 Å². The molecule has 4 heterocycles. The number of thiazole rings is 1. The molecule has 0 atom stereocenters. The quantitative estimate of drug-likeness (QED) is 0.185. The van der Waals surface area contributed by atoms with Crippen molar-refractivity contribution < 1.29 is 15.0 Å². The summed E-state index contributed by atoms with van der Waals surface area (Å²) in [5, 5.41) is 19.6. The highest BCUT2D eigenvalue weighted by atomic mass is 35.5. The maximum Gasteiger partial charge on any atom is 0.307 e. The number of hydrogen-bond donors (Lipinski definition) is 2. The van der Waals surface area contributed by atoms with E-state index in [2.05, 4.69) is 28.1 Å². The molecule has 44 heavy (non-hydrogen) atoms. The molecule has 0 aliphatic rings. The summed E-state index contributed by atoms with van der Waals surface area (Å²) in [7, 11) is 1.91. The molecule has 0 saturated heterocycles. The van der Waals surface area contributed by atoms with Crippen LogP contribution in [0.25, 0.3) is 54.3 Å². The van der Waals surface area contributed by atoms with Crippen LogP contribution in [0.4, 0.5) is 0 Å². The maximum atomic E-state index is 11.7. The molecule has 0 saturated carbocycles. The van der Waals surface area contributed by atoms with E-state index in [-0.39, 0.29) is 6.42 Å². The first-order chi connectivity index (χ1) is 20.9. The lowest BCUT2D eigenvalue weighted by Gasteiger charge is -2.13. The number of imidazole rings is 1. The van der Waals surface area contributed by atoms with Gasteiger partial charge in [-0.15, -0.1) is 24.5 Å². The highest BCUT2D eigenvalue weighted by molar-refractivity contribution is 7.22. The Kier molecular flexibility index (Phi) is 9.94. The van der Waals surface area contributed by atoms with Gasteiger partial charge in [-0.1, -0.05) is 23.7 Å². The molecule has 0 spiro atoms. The molecule has 4 aromatic heterocycles. The highest BCUT2D eigenvalue weighted by Crippen LogP contribution is 2.41. The summed E-state index contributed by atoms with van der Waals surface area (Å²) in [6.07, 6.45) is 5.23. The van der Waals surface area contributed by atoms with Crippen molar-refractivity contribution in [3.8, 4) is 33.0 Å². The van der Waals surface area contributed by atoms with Crippen molar-refractivity contribution in [2.45, 2.75) is 39.7 Å².